The van der Waals surface area contributed by atoms with Crippen molar-refractivity contribution in [1.29, 1.82) is 0 Å². The molecule has 1 amide bonds. The SMILES string of the molecule is CC1CCN(C(=O)CSc2nc3sc4c(c3c(=O)n2CCc2ccccc2)CCCC4)CC1. The summed E-state index contributed by atoms with van der Waals surface area (Å²) in [4.78, 5) is 35.7. The summed E-state index contributed by atoms with van der Waals surface area (Å²) < 4.78 is 1.83. The Morgan fingerprint density at radius 2 is 1.91 bits per heavy atom. The molecule has 0 bridgehead atoms. The van der Waals surface area contributed by atoms with E-state index in [1.54, 1.807) is 11.3 Å². The number of carbonyl (C=O) groups is 1. The molecular formula is C26H31N3O2S2. The van der Waals surface area contributed by atoms with Gasteiger partial charge in [-0.2, -0.15) is 0 Å². The van der Waals surface area contributed by atoms with E-state index in [1.807, 2.05) is 27.7 Å². The highest BCUT2D eigenvalue weighted by atomic mass is 32.2. The zero-order chi connectivity index (χ0) is 22.8. The number of carbonyl (C=O) groups excluding carboxylic acids is 1. The van der Waals surface area contributed by atoms with Gasteiger partial charge in [0.1, 0.15) is 4.83 Å². The molecule has 3 aromatic rings. The number of benzene rings is 1. The number of thioether (sulfide) groups is 1. The van der Waals surface area contributed by atoms with Crippen molar-refractivity contribution in [2.75, 3.05) is 18.8 Å². The van der Waals surface area contributed by atoms with Gasteiger partial charge in [-0.15, -0.1) is 11.3 Å². The van der Waals surface area contributed by atoms with Crippen molar-refractivity contribution in [3.63, 3.8) is 0 Å². The molecule has 0 N–H and O–H groups in total. The molecule has 0 saturated carbocycles. The van der Waals surface area contributed by atoms with Crippen LogP contribution in [0.1, 0.15) is 48.6 Å². The second kappa shape index (κ2) is 10.0. The molecule has 2 aliphatic rings. The van der Waals surface area contributed by atoms with Crippen molar-refractivity contribution < 1.29 is 4.79 Å². The molecule has 0 radical (unpaired) electrons. The van der Waals surface area contributed by atoms with Crippen LogP contribution in [0, 0.1) is 5.92 Å². The van der Waals surface area contributed by atoms with Gasteiger partial charge in [-0.3, -0.25) is 14.2 Å². The van der Waals surface area contributed by atoms with Crippen molar-refractivity contribution in [3.05, 3.63) is 56.7 Å². The maximum atomic E-state index is 13.7. The number of hydrogen-bond donors (Lipinski definition) is 0. The van der Waals surface area contributed by atoms with Crippen molar-refractivity contribution in [2.24, 2.45) is 5.92 Å². The number of fused-ring (bicyclic) bond motifs is 3. The molecule has 5 rings (SSSR count). The second-order valence-electron chi connectivity index (χ2n) is 9.33. The van der Waals surface area contributed by atoms with Crippen molar-refractivity contribution >= 4 is 39.2 Å². The Balaban J connectivity index is 1.43. The maximum absolute atomic E-state index is 13.7. The molecule has 33 heavy (non-hydrogen) atoms. The standard InChI is InChI=1S/C26H31N3O2S2/c1-18-11-14-28(15-12-18)22(30)17-32-26-27-24-23(20-9-5-6-10-21(20)33-24)25(31)29(26)16-13-19-7-3-2-4-8-19/h2-4,7-8,18H,5-6,9-17H2,1H3. The molecule has 0 spiro atoms. The average Bonchev–Trinajstić information content (AvgIpc) is 3.22. The molecule has 7 heteroatoms. The Labute approximate surface area is 203 Å². The van der Waals surface area contributed by atoms with Crippen molar-refractivity contribution in [3.8, 4) is 0 Å². The van der Waals surface area contributed by atoms with Crippen LogP contribution in [-0.2, 0) is 30.6 Å². The van der Waals surface area contributed by atoms with Gasteiger partial charge in [0, 0.05) is 24.5 Å². The number of hydrogen-bond acceptors (Lipinski definition) is 5. The number of aromatic nitrogens is 2. The Bertz CT molecular complexity index is 1190. The van der Waals surface area contributed by atoms with Crippen LogP contribution in [0.25, 0.3) is 10.2 Å². The number of likely N-dealkylation sites (tertiary alicyclic amines) is 1. The van der Waals surface area contributed by atoms with Gasteiger partial charge in [-0.05, 0) is 62.0 Å². The van der Waals surface area contributed by atoms with Gasteiger partial charge in [-0.1, -0.05) is 49.0 Å². The highest BCUT2D eigenvalue weighted by Crippen LogP contribution is 2.34. The summed E-state index contributed by atoms with van der Waals surface area (Å²) in [6.07, 6.45) is 7.27. The summed E-state index contributed by atoms with van der Waals surface area (Å²) >= 11 is 3.11. The number of thiophene rings is 1. The van der Waals surface area contributed by atoms with Gasteiger partial charge >= 0.3 is 0 Å². The van der Waals surface area contributed by atoms with E-state index in [9.17, 15) is 9.59 Å². The summed E-state index contributed by atoms with van der Waals surface area (Å²) in [7, 11) is 0. The zero-order valence-corrected chi connectivity index (χ0v) is 20.8. The molecule has 0 unspecified atom stereocenters. The van der Waals surface area contributed by atoms with E-state index in [2.05, 4.69) is 19.1 Å². The van der Waals surface area contributed by atoms with Crippen LogP contribution < -0.4 is 5.56 Å². The van der Waals surface area contributed by atoms with Gasteiger partial charge in [0.15, 0.2) is 5.16 Å². The lowest BCUT2D eigenvalue weighted by atomic mass is 9.97. The normalized spacial score (nSPS) is 16.8. The molecule has 2 aromatic heterocycles. The topological polar surface area (TPSA) is 55.2 Å². The van der Waals surface area contributed by atoms with E-state index in [-0.39, 0.29) is 11.5 Å². The van der Waals surface area contributed by atoms with Crippen LogP contribution in [0.5, 0.6) is 0 Å². The first kappa shape index (κ1) is 22.7. The Hall–Kier alpha value is -2.12. The number of amides is 1. The Kier molecular flexibility index (Phi) is 6.88. The van der Waals surface area contributed by atoms with E-state index < -0.39 is 0 Å². The summed E-state index contributed by atoms with van der Waals surface area (Å²) in [5.41, 5.74) is 2.49. The fraction of sp³-hybridized carbons (Fsp3) is 0.500. The third-order valence-electron chi connectivity index (χ3n) is 6.97. The molecule has 1 fully saturated rings. The van der Waals surface area contributed by atoms with Crippen molar-refractivity contribution in [2.45, 2.75) is 63.6 Å². The lowest BCUT2D eigenvalue weighted by Gasteiger charge is -2.30. The van der Waals surface area contributed by atoms with E-state index >= 15 is 0 Å². The Morgan fingerprint density at radius 3 is 2.70 bits per heavy atom. The summed E-state index contributed by atoms with van der Waals surface area (Å²) in [6.45, 7) is 4.51. The van der Waals surface area contributed by atoms with E-state index in [0.29, 0.717) is 23.4 Å². The fourth-order valence-corrected chi connectivity index (χ4v) is 7.12. The third-order valence-corrected chi connectivity index (χ3v) is 9.11. The van der Waals surface area contributed by atoms with Crippen LogP contribution in [0.3, 0.4) is 0 Å². The lowest BCUT2D eigenvalue weighted by Crippen LogP contribution is -2.39. The lowest BCUT2D eigenvalue weighted by molar-refractivity contribution is -0.129. The van der Waals surface area contributed by atoms with Gasteiger partial charge in [0.25, 0.3) is 5.56 Å². The first-order chi connectivity index (χ1) is 16.1. The molecule has 5 nitrogen and oxygen atoms in total. The predicted molar refractivity (Wildman–Crippen MR) is 136 cm³/mol. The van der Waals surface area contributed by atoms with Gasteiger partial charge < -0.3 is 4.90 Å². The highest BCUT2D eigenvalue weighted by Gasteiger charge is 2.24. The van der Waals surface area contributed by atoms with Crippen LogP contribution >= 0.6 is 23.1 Å². The molecule has 1 aromatic carbocycles. The minimum atomic E-state index is 0.0667. The molecule has 1 saturated heterocycles. The molecule has 1 aliphatic carbocycles. The molecule has 0 atom stereocenters. The van der Waals surface area contributed by atoms with E-state index in [4.69, 9.17) is 4.98 Å². The number of aryl methyl sites for hydroxylation is 3. The number of nitrogens with zero attached hydrogens (tertiary/aromatic N) is 3. The average molecular weight is 482 g/mol. The molecule has 1 aliphatic heterocycles. The smallest absolute Gasteiger partial charge is 0.263 e. The van der Waals surface area contributed by atoms with Gasteiger partial charge in [0.05, 0.1) is 11.1 Å². The second-order valence-corrected chi connectivity index (χ2v) is 11.4. The first-order valence-corrected chi connectivity index (χ1v) is 13.9. The monoisotopic (exact) mass is 481 g/mol. The van der Waals surface area contributed by atoms with Crippen molar-refractivity contribution in [1.82, 2.24) is 14.5 Å². The van der Waals surface area contributed by atoms with Crippen LogP contribution in [-0.4, -0.2) is 39.2 Å². The summed E-state index contributed by atoms with van der Waals surface area (Å²) in [5, 5.41) is 1.50. The molecular weight excluding hydrogens is 450 g/mol. The van der Waals surface area contributed by atoms with Crippen LogP contribution in [0.15, 0.2) is 40.3 Å². The van der Waals surface area contributed by atoms with Gasteiger partial charge in [-0.25, -0.2) is 4.98 Å². The highest BCUT2D eigenvalue weighted by molar-refractivity contribution is 7.99. The zero-order valence-electron chi connectivity index (χ0n) is 19.2. The molecule has 174 valence electrons. The molecule has 3 heterocycles. The minimum Gasteiger partial charge on any atom is -0.342 e. The van der Waals surface area contributed by atoms with Gasteiger partial charge in [0.2, 0.25) is 5.91 Å². The summed E-state index contributed by atoms with van der Waals surface area (Å²) in [5.74, 6) is 1.18. The van der Waals surface area contributed by atoms with Crippen LogP contribution in [0.2, 0.25) is 0 Å². The predicted octanol–water partition coefficient (Wildman–Crippen LogP) is 4.93. The summed E-state index contributed by atoms with van der Waals surface area (Å²) in [6, 6.07) is 10.3. The first-order valence-electron chi connectivity index (χ1n) is 12.1. The fourth-order valence-electron chi connectivity index (χ4n) is 4.89. The minimum absolute atomic E-state index is 0.0667. The largest absolute Gasteiger partial charge is 0.342 e. The van der Waals surface area contributed by atoms with E-state index in [1.165, 1.54) is 34.2 Å². The third kappa shape index (κ3) is 4.90. The number of rotatable bonds is 6. The quantitative estimate of drug-likeness (QED) is 0.370. The maximum Gasteiger partial charge on any atom is 0.263 e. The van der Waals surface area contributed by atoms with E-state index in [0.717, 1.165) is 61.8 Å². The Morgan fingerprint density at radius 1 is 1.15 bits per heavy atom. The number of piperidine rings is 1. The van der Waals surface area contributed by atoms with Crippen LogP contribution in [0.4, 0.5) is 0 Å².